The van der Waals surface area contributed by atoms with Gasteiger partial charge in [0.2, 0.25) is 5.91 Å². The Hall–Kier alpha value is -2.08. The monoisotopic (exact) mass is 453 g/mol. The van der Waals surface area contributed by atoms with E-state index in [-0.39, 0.29) is 24.6 Å². The zero-order chi connectivity index (χ0) is 22.5. The van der Waals surface area contributed by atoms with E-state index in [4.69, 9.17) is 37.8 Å². The van der Waals surface area contributed by atoms with Crippen LogP contribution in [0.5, 0.6) is 0 Å². The molecule has 1 unspecified atom stereocenters. The summed E-state index contributed by atoms with van der Waals surface area (Å²) in [4.78, 5) is 23.2. The largest absolute Gasteiger partial charge is 0.481 e. The molecule has 7 heteroatoms. The third kappa shape index (κ3) is 9.16. The lowest BCUT2D eigenvalue weighted by atomic mass is 10.00. The standard InChI is InChI=1S/C15H20ClNO2.C6H5Cl.C2H4O2/c1-3-13(4-2)17-14(9-19-10-15(17)18)11-5-7-12(16)8-6-11;7-6-4-2-1-3-5-6;1-2(3)4/h5-8,13-14H,3-4,9-10H2,1-2H3;1-5H;1H3,(H,3,4). The van der Waals surface area contributed by atoms with E-state index in [0.29, 0.717) is 11.6 Å². The van der Waals surface area contributed by atoms with Gasteiger partial charge in [0.1, 0.15) is 6.61 Å². The summed E-state index contributed by atoms with van der Waals surface area (Å²) >= 11 is 11.5. The molecule has 1 fully saturated rings. The molecule has 1 aliphatic rings. The molecule has 0 aliphatic carbocycles. The van der Waals surface area contributed by atoms with Gasteiger partial charge < -0.3 is 14.7 Å². The molecule has 0 bridgehead atoms. The van der Waals surface area contributed by atoms with E-state index in [0.717, 1.165) is 30.4 Å². The quantitative estimate of drug-likeness (QED) is 0.629. The van der Waals surface area contributed by atoms with Crippen molar-refractivity contribution in [2.75, 3.05) is 13.2 Å². The van der Waals surface area contributed by atoms with Crippen LogP contribution in [0.15, 0.2) is 54.6 Å². The van der Waals surface area contributed by atoms with Gasteiger partial charge >= 0.3 is 0 Å². The van der Waals surface area contributed by atoms with Crippen molar-refractivity contribution in [3.05, 3.63) is 70.2 Å². The molecule has 2 aromatic carbocycles. The predicted molar refractivity (Wildman–Crippen MR) is 121 cm³/mol. The number of carbonyl (C=O) groups excluding carboxylic acids is 1. The number of hydrogen-bond acceptors (Lipinski definition) is 3. The van der Waals surface area contributed by atoms with Crippen molar-refractivity contribution < 1.29 is 19.4 Å². The van der Waals surface area contributed by atoms with Gasteiger partial charge in [0.15, 0.2) is 0 Å². The van der Waals surface area contributed by atoms with Crippen molar-refractivity contribution in [1.82, 2.24) is 4.90 Å². The molecule has 3 rings (SSSR count). The van der Waals surface area contributed by atoms with E-state index in [2.05, 4.69) is 13.8 Å². The summed E-state index contributed by atoms with van der Waals surface area (Å²) in [7, 11) is 0. The maximum absolute atomic E-state index is 12.2. The Bertz CT molecular complexity index is 761. The number of carbonyl (C=O) groups is 2. The first-order chi connectivity index (χ1) is 14.3. The molecule has 0 spiro atoms. The number of benzene rings is 2. The minimum Gasteiger partial charge on any atom is -0.481 e. The Morgan fingerprint density at radius 2 is 1.57 bits per heavy atom. The molecule has 1 aliphatic heterocycles. The summed E-state index contributed by atoms with van der Waals surface area (Å²) in [5, 5.41) is 8.92. The number of carboxylic acids is 1. The molecule has 1 amide bonds. The van der Waals surface area contributed by atoms with Gasteiger partial charge in [0.25, 0.3) is 5.97 Å². The molecule has 1 saturated heterocycles. The van der Waals surface area contributed by atoms with Gasteiger partial charge in [-0.1, -0.05) is 67.4 Å². The van der Waals surface area contributed by atoms with Crippen LogP contribution in [0, 0.1) is 0 Å². The fraction of sp³-hybridized carbons (Fsp3) is 0.391. The van der Waals surface area contributed by atoms with Crippen molar-refractivity contribution in [3.8, 4) is 0 Å². The maximum atomic E-state index is 12.2. The van der Waals surface area contributed by atoms with E-state index >= 15 is 0 Å². The normalized spacial score (nSPS) is 15.6. The molecule has 0 saturated carbocycles. The lowest BCUT2D eigenvalue weighted by Crippen LogP contribution is -2.49. The highest BCUT2D eigenvalue weighted by Gasteiger charge is 2.33. The Balaban J connectivity index is 0.000000336. The number of carboxylic acid groups (broad SMARTS) is 1. The summed E-state index contributed by atoms with van der Waals surface area (Å²) in [6.45, 7) is 6.08. The molecule has 1 heterocycles. The van der Waals surface area contributed by atoms with Crippen molar-refractivity contribution >= 4 is 35.1 Å². The lowest BCUT2D eigenvalue weighted by molar-refractivity contribution is -0.152. The van der Waals surface area contributed by atoms with Gasteiger partial charge in [0.05, 0.1) is 12.6 Å². The molecular weight excluding hydrogens is 425 g/mol. The SMILES string of the molecule is CC(=O)O.CCC(CC)N1C(=O)COCC1c1ccc(Cl)cc1.Clc1ccccc1. The fourth-order valence-corrected chi connectivity index (χ4v) is 3.35. The molecule has 0 radical (unpaired) electrons. The van der Waals surface area contributed by atoms with E-state index < -0.39 is 5.97 Å². The minimum absolute atomic E-state index is 0.00316. The zero-order valence-electron chi connectivity index (χ0n) is 17.6. The fourth-order valence-electron chi connectivity index (χ4n) is 3.08. The van der Waals surface area contributed by atoms with Crippen molar-refractivity contribution in [3.63, 3.8) is 0 Å². The average molecular weight is 454 g/mol. The maximum Gasteiger partial charge on any atom is 0.300 e. The first-order valence-corrected chi connectivity index (χ1v) is 10.6. The number of aliphatic carboxylic acids is 1. The minimum atomic E-state index is -0.833. The molecular formula is C23H29Cl2NO4. The second-order valence-electron chi connectivity index (χ2n) is 6.67. The van der Waals surface area contributed by atoms with Crippen LogP contribution in [0.2, 0.25) is 10.0 Å². The van der Waals surface area contributed by atoms with E-state index in [1.807, 2.05) is 59.5 Å². The van der Waals surface area contributed by atoms with Crippen LogP contribution < -0.4 is 0 Å². The number of morpholine rings is 1. The van der Waals surface area contributed by atoms with Gasteiger partial charge in [-0.25, -0.2) is 0 Å². The van der Waals surface area contributed by atoms with Crippen LogP contribution in [0.25, 0.3) is 0 Å². The second-order valence-corrected chi connectivity index (χ2v) is 7.54. The van der Waals surface area contributed by atoms with Crippen molar-refractivity contribution in [2.24, 2.45) is 0 Å². The summed E-state index contributed by atoms with van der Waals surface area (Å²) in [5.41, 5.74) is 1.09. The highest BCUT2D eigenvalue weighted by molar-refractivity contribution is 6.30. The van der Waals surface area contributed by atoms with Gasteiger partial charge in [-0.3, -0.25) is 9.59 Å². The van der Waals surface area contributed by atoms with Gasteiger partial charge in [-0.05, 0) is 42.7 Å². The number of amides is 1. The van der Waals surface area contributed by atoms with Crippen LogP contribution in [-0.4, -0.2) is 41.1 Å². The van der Waals surface area contributed by atoms with Crippen molar-refractivity contribution in [2.45, 2.75) is 45.7 Å². The zero-order valence-corrected chi connectivity index (χ0v) is 19.1. The smallest absolute Gasteiger partial charge is 0.300 e. The third-order valence-electron chi connectivity index (χ3n) is 4.45. The summed E-state index contributed by atoms with van der Waals surface area (Å²) < 4.78 is 5.42. The Labute approximate surface area is 188 Å². The molecule has 30 heavy (non-hydrogen) atoms. The third-order valence-corrected chi connectivity index (χ3v) is 4.95. The molecule has 2 aromatic rings. The second kappa shape index (κ2) is 14.0. The van der Waals surface area contributed by atoms with Gasteiger partial charge in [0, 0.05) is 23.0 Å². The highest BCUT2D eigenvalue weighted by atomic mass is 35.5. The summed E-state index contributed by atoms with van der Waals surface area (Å²) in [6.07, 6.45) is 1.93. The van der Waals surface area contributed by atoms with Gasteiger partial charge in [-0.15, -0.1) is 0 Å². The highest BCUT2D eigenvalue weighted by Crippen LogP contribution is 2.29. The topological polar surface area (TPSA) is 66.8 Å². The summed E-state index contributed by atoms with van der Waals surface area (Å²) in [5.74, 6) is -0.750. The molecule has 1 atom stereocenters. The van der Waals surface area contributed by atoms with E-state index in [1.165, 1.54) is 0 Å². The van der Waals surface area contributed by atoms with E-state index in [1.54, 1.807) is 0 Å². The van der Waals surface area contributed by atoms with Crippen LogP contribution in [0.3, 0.4) is 0 Å². The number of halogens is 2. The van der Waals surface area contributed by atoms with Crippen LogP contribution in [0.4, 0.5) is 0 Å². The first kappa shape index (κ1) is 26.0. The lowest BCUT2D eigenvalue weighted by Gasteiger charge is -2.40. The number of rotatable bonds is 4. The first-order valence-electron chi connectivity index (χ1n) is 9.84. The number of ether oxygens (including phenoxy) is 1. The van der Waals surface area contributed by atoms with Crippen LogP contribution in [-0.2, 0) is 14.3 Å². The molecule has 5 nitrogen and oxygen atoms in total. The predicted octanol–water partition coefficient (Wildman–Crippen LogP) is 5.86. The molecule has 1 N–H and O–H groups in total. The van der Waals surface area contributed by atoms with Crippen LogP contribution >= 0.6 is 23.2 Å². The Kier molecular flexibility index (Phi) is 12.1. The molecule has 0 aromatic heterocycles. The van der Waals surface area contributed by atoms with Crippen molar-refractivity contribution in [1.29, 1.82) is 0 Å². The Morgan fingerprint density at radius 1 is 1.07 bits per heavy atom. The van der Waals surface area contributed by atoms with Crippen LogP contribution in [0.1, 0.15) is 45.2 Å². The average Bonchev–Trinajstić information content (AvgIpc) is 2.71. The summed E-state index contributed by atoms with van der Waals surface area (Å²) in [6, 6.07) is 17.4. The number of hydrogen-bond donors (Lipinski definition) is 1. The Morgan fingerprint density at radius 3 is 2.00 bits per heavy atom. The van der Waals surface area contributed by atoms with E-state index in [9.17, 15) is 4.79 Å². The molecule has 164 valence electrons. The van der Waals surface area contributed by atoms with Gasteiger partial charge in [-0.2, -0.15) is 0 Å². The number of nitrogens with zero attached hydrogens (tertiary/aromatic N) is 1.